The predicted octanol–water partition coefficient (Wildman–Crippen LogP) is 2.85. The summed E-state index contributed by atoms with van der Waals surface area (Å²) in [6, 6.07) is 6.08. The molecule has 21 heavy (non-hydrogen) atoms. The summed E-state index contributed by atoms with van der Waals surface area (Å²) in [7, 11) is 0. The van der Waals surface area contributed by atoms with Crippen LogP contribution < -0.4 is 10.2 Å². The van der Waals surface area contributed by atoms with Gasteiger partial charge in [-0.05, 0) is 43.9 Å². The first-order chi connectivity index (χ1) is 9.97. The number of carbonyl (C=O) groups is 1. The molecule has 0 bridgehead atoms. The maximum absolute atomic E-state index is 11.0. The van der Waals surface area contributed by atoms with Gasteiger partial charge in [-0.3, -0.25) is 4.79 Å². The van der Waals surface area contributed by atoms with Crippen molar-refractivity contribution in [3.8, 4) is 0 Å². The van der Waals surface area contributed by atoms with Gasteiger partial charge in [0.25, 0.3) is 0 Å². The van der Waals surface area contributed by atoms with E-state index in [0.717, 1.165) is 48.2 Å². The van der Waals surface area contributed by atoms with E-state index in [4.69, 9.17) is 0 Å². The first-order valence-corrected chi connectivity index (χ1v) is 8.23. The predicted molar refractivity (Wildman–Crippen MR) is 88.4 cm³/mol. The highest BCUT2D eigenvalue weighted by Gasteiger charge is 2.22. The molecule has 1 aliphatic heterocycles. The van der Waals surface area contributed by atoms with Crippen LogP contribution in [0.5, 0.6) is 0 Å². The molecule has 5 heteroatoms. The van der Waals surface area contributed by atoms with Gasteiger partial charge in [0.2, 0.25) is 5.91 Å². The largest absolute Gasteiger partial charge is 0.389 e. The average molecular weight is 355 g/mol. The Morgan fingerprint density at radius 1 is 1.48 bits per heavy atom. The first-order valence-electron chi connectivity index (χ1n) is 7.44. The highest BCUT2D eigenvalue weighted by atomic mass is 79.9. The number of anilines is 1. The number of nitrogens with one attached hydrogen (secondary N) is 1. The van der Waals surface area contributed by atoms with Gasteiger partial charge < -0.3 is 15.3 Å². The second-order valence-corrected chi connectivity index (χ2v) is 6.66. The summed E-state index contributed by atoms with van der Waals surface area (Å²) in [6.45, 7) is 6.06. The van der Waals surface area contributed by atoms with Crippen molar-refractivity contribution in [3.05, 3.63) is 28.2 Å². The lowest BCUT2D eigenvalue weighted by Crippen LogP contribution is -2.38. The van der Waals surface area contributed by atoms with Gasteiger partial charge in [0.15, 0.2) is 0 Å². The van der Waals surface area contributed by atoms with Gasteiger partial charge in [0.1, 0.15) is 0 Å². The average Bonchev–Trinajstić information content (AvgIpc) is 2.45. The van der Waals surface area contributed by atoms with E-state index >= 15 is 0 Å². The number of amides is 1. The van der Waals surface area contributed by atoms with E-state index in [9.17, 15) is 9.90 Å². The molecule has 0 spiro atoms. The quantitative estimate of drug-likeness (QED) is 0.873. The van der Waals surface area contributed by atoms with Crippen molar-refractivity contribution in [1.82, 2.24) is 5.32 Å². The number of halogens is 1. The monoisotopic (exact) mass is 354 g/mol. The second kappa shape index (κ2) is 7.27. The number of rotatable bonds is 4. The summed E-state index contributed by atoms with van der Waals surface area (Å²) >= 11 is 3.46. The number of aliphatic hydroxyl groups is 1. The molecule has 1 heterocycles. The van der Waals surface area contributed by atoms with Gasteiger partial charge in [-0.15, -0.1) is 0 Å². The van der Waals surface area contributed by atoms with Crippen LogP contribution in [0.3, 0.4) is 0 Å². The standard InChI is InChI=1S/C16H23BrN2O2/c1-11(20)15-9-14(17)3-4-16(15)19-7-5-13(6-8-19)10-18-12(2)21/h3-4,9,11,13,20H,5-8,10H2,1-2H3,(H,18,21). The molecule has 1 atom stereocenters. The van der Waals surface area contributed by atoms with Gasteiger partial charge in [0, 0.05) is 42.3 Å². The minimum absolute atomic E-state index is 0.0433. The fraction of sp³-hybridized carbons (Fsp3) is 0.562. The van der Waals surface area contributed by atoms with E-state index < -0.39 is 6.10 Å². The van der Waals surface area contributed by atoms with Crippen molar-refractivity contribution in [3.63, 3.8) is 0 Å². The highest BCUT2D eigenvalue weighted by molar-refractivity contribution is 9.10. The number of hydrogen-bond acceptors (Lipinski definition) is 3. The number of hydrogen-bond donors (Lipinski definition) is 2. The van der Waals surface area contributed by atoms with E-state index in [1.807, 2.05) is 12.1 Å². The van der Waals surface area contributed by atoms with Crippen LogP contribution in [-0.2, 0) is 4.79 Å². The molecule has 1 aromatic rings. The molecule has 0 aromatic heterocycles. The number of benzene rings is 1. The van der Waals surface area contributed by atoms with E-state index in [1.54, 1.807) is 13.8 Å². The molecule has 1 fully saturated rings. The SMILES string of the molecule is CC(=O)NCC1CCN(c2ccc(Br)cc2C(C)O)CC1. The van der Waals surface area contributed by atoms with Crippen molar-refractivity contribution in [1.29, 1.82) is 0 Å². The van der Waals surface area contributed by atoms with E-state index in [1.165, 1.54) is 0 Å². The van der Waals surface area contributed by atoms with Crippen molar-refractivity contribution < 1.29 is 9.90 Å². The van der Waals surface area contributed by atoms with Crippen LogP contribution in [-0.4, -0.2) is 30.6 Å². The van der Waals surface area contributed by atoms with Crippen molar-refractivity contribution >= 4 is 27.5 Å². The second-order valence-electron chi connectivity index (χ2n) is 5.75. The Balaban J connectivity index is 2.00. The third-order valence-electron chi connectivity index (χ3n) is 4.03. The molecular weight excluding hydrogens is 332 g/mol. The lowest BCUT2D eigenvalue weighted by Gasteiger charge is -2.35. The molecule has 2 N–H and O–H groups in total. The first kappa shape index (κ1) is 16.3. The van der Waals surface area contributed by atoms with Gasteiger partial charge in [0.05, 0.1) is 6.10 Å². The van der Waals surface area contributed by atoms with Gasteiger partial charge >= 0.3 is 0 Å². The van der Waals surface area contributed by atoms with Crippen LogP contribution in [0.4, 0.5) is 5.69 Å². The van der Waals surface area contributed by atoms with E-state index in [2.05, 4.69) is 32.2 Å². The van der Waals surface area contributed by atoms with Gasteiger partial charge in [-0.1, -0.05) is 15.9 Å². The minimum atomic E-state index is -0.477. The molecule has 1 unspecified atom stereocenters. The zero-order chi connectivity index (χ0) is 15.4. The van der Waals surface area contributed by atoms with Crippen LogP contribution in [0.1, 0.15) is 38.4 Å². The molecule has 2 rings (SSSR count). The number of aliphatic hydroxyl groups excluding tert-OH is 1. The summed E-state index contributed by atoms with van der Waals surface area (Å²) in [6.07, 6.45) is 1.65. The van der Waals surface area contributed by atoms with Crippen LogP contribution in [0.2, 0.25) is 0 Å². The molecule has 1 aromatic carbocycles. The smallest absolute Gasteiger partial charge is 0.216 e. The number of piperidine rings is 1. The zero-order valence-corrected chi connectivity index (χ0v) is 14.2. The molecule has 1 saturated heterocycles. The summed E-state index contributed by atoms with van der Waals surface area (Å²) in [4.78, 5) is 13.3. The minimum Gasteiger partial charge on any atom is -0.389 e. The fourth-order valence-electron chi connectivity index (χ4n) is 2.81. The normalized spacial score (nSPS) is 17.6. The Kier molecular flexibility index (Phi) is 5.65. The summed E-state index contributed by atoms with van der Waals surface area (Å²) in [5, 5.41) is 12.9. The lowest BCUT2D eigenvalue weighted by atomic mass is 9.95. The maximum atomic E-state index is 11.0. The molecule has 4 nitrogen and oxygen atoms in total. The van der Waals surface area contributed by atoms with Crippen LogP contribution >= 0.6 is 15.9 Å². The highest BCUT2D eigenvalue weighted by Crippen LogP contribution is 2.32. The molecular formula is C16H23BrN2O2. The van der Waals surface area contributed by atoms with Crippen molar-refractivity contribution in [2.75, 3.05) is 24.5 Å². The van der Waals surface area contributed by atoms with Crippen LogP contribution in [0.15, 0.2) is 22.7 Å². The Morgan fingerprint density at radius 3 is 2.71 bits per heavy atom. The van der Waals surface area contributed by atoms with E-state index in [0.29, 0.717) is 5.92 Å². The van der Waals surface area contributed by atoms with Crippen LogP contribution in [0.25, 0.3) is 0 Å². The van der Waals surface area contributed by atoms with Gasteiger partial charge in [-0.2, -0.15) is 0 Å². The van der Waals surface area contributed by atoms with Crippen LogP contribution in [0, 0.1) is 5.92 Å². The Hall–Kier alpha value is -1.07. The summed E-state index contributed by atoms with van der Waals surface area (Å²) in [5.41, 5.74) is 2.08. The topological polar surface area (TPSA) is 52.6 Å². The van der Waals surface area contributed by atoms with Crippen molar-refractivity contribution in [2.45, 2.75) is 32.8 Å². The fourth-order valence-corrected chi connectivity index (χ4v) is 3.19. The lowest BCUT2D eigenvalue weighted by molar-refractivity contribution is -0.119. The number of carbonyl (C=O) groups excluding carboxylic acids is 1. The van der Waals surface area contributed by atoms with E-state index in [-0.39, 0.29) is 5.91 Å². The molecule has 0 saturated carbocycles. The zero-order valence-electron chi connectivity index (χ0n) is 12.6. The van der Waals surface area contributed by atoms with Crippen molar-refractivity contribution in [2.24, 2.45) is 5.92 Å². The Bertz CT molecular complexity index is 497. The third-order valence-corrected chi connectivity index (χ3v) is 4.53. The Morgan fingerprint density at radius 2 is 2.14 bits per heavy atom. The third kappa shape index (κ3) is 4.45. The Labute approximate surface area is 134 Å². The summed E-state index contributed by atoms with van der Waals surface area (Å²) < 4.78 is 0.989. The molecule has 0 aliphatic carbocycles. The molecule has 1 amide bonds. The molecule has 116 valence electrons. The number of nitrogens with zero attached hydrogens (tertiary/aromatic N) is 1. The summed E-state index contributed by atoms with van der Waals surface area (Å²) in [5.74, 6) is 0.595. The molecule has 0 radical (unpaired) electrons. The molecule has 1 aliphatic rings. The maximum Gasteiger partial charge on any atom is 0.216 e. The van der Waals surface area contributed by atoms with Gasteiger partial charge in [-0.25, -0.2) is 0 Å².